The molecular formula is C14H15FN2O3. The van der Waals surface area contributed by atoms with Crippen LogP contribution in [0.5, 0.6) is 0 Å². The number of hydrogen-bond donors (Lipinski definition) is 2. The fourth-order valence-electron chi connectivity index (χ4n) is 1.94. The zero-order valence-electron chi connectivity index (χ0n) is 11.2. The zero-order chi connectivity index (χ0) is 14.7. The summed E-state index contributed by atoms with van der Waals surface area (Å²) in [7, 11) is 0. The molecule has 0 fully saturated rings. The van der Waals surface area contributed by atoms with Gasteiger partial charge in [0.25, 0.3) is 5.91 Å². The lowest BCUT2D eigenvalue weighted by molar-refractivity contribution is -0.140. The number of allylic oxidation sites excluding steroid dienone is 1. The molecule has 5 nitrogen and oxygen atoms in total. The lowest BCUT2D eigenvalue weighted by Gasteiger charge is -2.27. The first-order valence-electron chi connectivity index (χ1n) is 6.23. The van der Waals surface area contributed by atoms with Gasteiger partial charge >= 0.3 is 5.97 Å². The molecule has 2 rings (SSSR count). The predicted octanol–water partition coefficient (Wildman–Crippen LogP) is 1.38. The molecule has 1 aliphatic rings. The number of hydrogen-bond acceptors (Lipinski definition) is 4. The van der Waals surface area contributed by atoms with Crippen molar-refractivity contribution in [3.05, 3.63) is 47.0 Å². The Morgan fingerprint density at radius 2 is 2.00 bits per heavy atom. The zero-order valence-corrected chi connectivity index (χ0v) is 11.2. The Hall–Kier alpha value is -2.37. The number of carbonyl (C=O) groups is 2. The minimum atomic E-state index is -0.659. The van der Waals surface area contributed by atoms with E-state index < -0.39 is 12.0 Å². The van der Waals surface area contributed by atoms with Crippen molar-refractivity contribution in [1.29, 1.82) is 0 Å². The fourth-order valence-corrected chi connectivity index (χ4v) is 1.94. The molecule has 1 aliphatic heterocycles. The van der Waals surface area contributed by atoms with E-state index in [9.17, 15) is 14.0 Å². The molecule has 0 radical (unpaired) electrons. The molecule has 1 unspecified atom stereocenters. The van der Waals surface area contributed by atoms with Crippen molar-refractivity contribution >= 4 is 11.9 Å². The van der Waals surface area contributed by atoms with Crippen LogP contribution in [0.25, 0.3) is 0 Å². The summed E-state index contributed by atoms with van der Waals surface area (Å²) in [4.78, 5) is 23.7. The van der Waals surface area contributed by atoms with Gasteiger partial charge in [0.1, 0.15) is 17.6 Å². The van der Waals surface area contributed by atoms with Crippen LogP contribution >= 0.6 is 0 Å². The van der Waals surface area contributed by atoms with Gasteiger partial charge in [-0.3, -0.25) is 4.79 Å². The van der Waals surface area contributed by atoms with Gasteiger partial charge in [0.2, 0.25) is 0 Å². The van der Waals surface area contributed by atoms with Gasteiger partial charge in [0, 0.05) is 5.70 Å². The normalized spacial score (nSPS) is 18.4. The van der Waals surface area contributed by atoms with E-state index in [2.05, 4.69) is 10.6 Å². The Balaban J connectivity index is 2.23. The maximum Gasteiger partial charge on any atom is 0.356 e. The first-order chi connectivity index (χ1) is 9.52. The van der Waals surface area contributed by atoms with Crippen molar-refractivity contribution in [2.75, 3.05) is 6.61 Å². The highest BCUT2D eigenvalue weighted by molar-refractivity contribution is 5.97. The van der Waals surface area contributed by atoms with Gasteiger partial charge in [0.05, 0.1) is 6.61 Å². The van der Waals surface area contributed by atoms with Crippen molar-refractivity contribution < 1.29 is 18.7 Å². The van der Waals surface area contributed by atoms with Crippen molar-refractivity contribution in [3.63, 3.8) is 0 Å². The maximum absolute atomic E-state index is 12.9. The lowest BCUT2D eigenvalue weighted by Crippen LogP contribution is -2.45. The minimum absolute atomic E-state index is 0.107. The standard InChI is InChI=1S/C14H15FN2O3/c1-3-20-14(19)11-8(2)16-12(13(18)17-11)9-4-6-10(15)7-5-9/h4-7,12,16H,3H2,1-2H3,(H,17,18). The summed E-state index contributed by atoms with van der Waals surface area (Å²) in [6, 6.07) is 4.95. The molecule has 20 heavy (non-hydrogen) atoms. The quantitative estimate of drug-likeness (QED) is 0.820. The molecule has 1 amide bonds. The Bertz CT molecular complexity index is 566. The fraction of sp³-hybridized carbons (Fsp3) is 0.286. The molecular weight excluding hydrogens is 263 g/mol. The van der Waals surface area contributed by atoms with Crippen molar-refractivity contribution in [3.8, 4) is 0 Å². The molecule has 0 saturated carbocycles. The molecule has 1 aromatic rings. The van der Waals surface area contributed by atoms with Crippen LogP contribution in [-0.2, 0) is 14.3 Å². The second kappa shape index (κ2) is 5.73. The van der Waals surface area contributed by atoms with E-state index in [1.807, 2.05) is 0 Å². The van der Waals surface area contributed by atoms with Gasteiger partial charge in [-0.05, 0) is 31.5 Å². The van der Waals surface area contributed by atoms with Gasteiger partial charge in [0.15, 0.2) is 0 Å². The average Bonchev–Trinajstić information content (AvgIpc) is 2.42. The third-order valence-corrected chi connectivity index (χ3v) is 2.93. The second-order valence-corrected chi connectivity index (χ2v) is 4.34. The van der Waals surface area contributed by atoms with E-state index >= 15 is 0 Å². The van der Waals surface area contributed by atoms with Crippen LogP contribution in [0.4, 0.5) is 4.39 Å². The van der Waals surface area contributed by atoms with Crippen LogP contribution < -0.4 is 10.6 Å². The number of benzene rings is 1. The van der Waals surface area contributed by atoms with Crippen LogP contribution in [0.1, 0.15) is 25.5 Å². The van der Waals surface area contributed by atoms with E-state index in [0.29, 0.717) is 11.3 Å². The molecule has 6 heteroatoms. The summed E-state index contributed by atoms with van der Waals surface area (Å²) in [5.41, 5.74) is 1.23. The third kappa shape index (κ3) is 2.79. The number of nitrogens with one attached hydrogen (secondary N) is 2. The molecule has 0 aliphatic carbocycles. The second-order valence-electron chi connectivity index (χ2n) is 4.34. The van der Waals surface area contributed by atoms with Crippen molar-refractivity contribution in [2.45, 2.75) is 19.9 Å². The molecule has 0 spiro atoms. The number of amides is 1. The van der Waals surface area contributed by atoms with Gasteiger partial charge in [-0.15, -0.1) is 0 Å². The maximum atomic E-state index is 12.9. The van der Waals surface area contributed by atoms with Gasteiger partial charge < -0.3 is 15.4 Å². The Morgan fingerprint density at radius 1 is 1.35 bits per heavy atom. The van der Waals surface area contributed by atoms with Gasteiger partial charge in [-0.25, -0.2) is 9.18 Å². The van der Waals surface area contributed by atoms with E-state index in [1.54, 1.807) is 13.8 Å². The van der Waals surface area contributed by atoms with Crippen LogP contribution in [0.3, 0.4) is 0 Å². The number of esters is 1. The van der Waals surface area contributed by atoms with Crippen molar-refractivity contribution in [2.24, 2.45) is 0 Å². The summed E-state index contributed by atoms with van der Waals surface area (Å²) in [5, 5.41) is 5.46. The summed E-state index contributed by atoms with van der Waals surface area (Å²) in [5.74, 6) is -1.34. The topological polar surface area (TPSA) is 67.4 Å². The van der Waals surface area contributed by atoms with Crippen LogP contribution in [0, 0.1) is 5.82 Å². The predicted molar refractivity (Wildman–Crippen MR) is 69.8 cm³/mol. The Morgan fingerprint density at radius 3 is 2.60 bits per heavy atom. The molecule has 1 aromatic carbocycles. The van der Waals surface area contributed by atoms with Gasteiger partial charge in [-0.2, -0.15) is 0 Å². The van der Waals surface area contributed by atoms with E-state index in [4.69, 9.17) is 4.74 Å². The van der Waals surface area contributed by atoms with Crippen molar-refractivity contribution in [1.82, 2.24) is 10.6 Å². The van der Waals surface area contributed by atoms with E-state index in [1.165, 1.54) is 24.3 Å². The van der Waals surface area contributed by atoms with Gasteiger partial charge in [-0.1, -0.05) is 12.1 Å². The highest BCUT2D eigenvalue weighted by Crippen LogP contribution is 2.20. The largest absolute Gasteiger partial charge is 0.461 e. The Kier molecular flexibility index (Phi) is 4.02. The Labute approximate surface area is 115 Å². The van der Waals surface area contributed by atoms with Crippen LogP contribution in [-0.4, -0.2) is 18.5 Å². The molecule has 0 aromatic heterocycles. The molecule has 1 heterocycles. The number of halogens is 1. The monoisotopic (exact) mass is 278 g/mol. The molecule has 0 saturated heterocycles. The SMILES string of the molecule is CCOC(=O)C1=C(C)NC(c2ccc(F)cc2)C(=O)N1. The summed E-state index contributed by atoms with van der Waals surface area (Å²) >= 11 is 0. The lowest BCUT2D eigenvalue weighted by atomic mass is 10.0. The molecule has 1 atom stereocenters. The smallest absolute Gasteiger partial charge is 0.356 e. The third-order valence-electron chi connectivity index (χ3n) is 2.93. The summed E-state index contributed by atoms with van der Waals surface area (Å²) in [6.07, 6.45) is 0. The molecule has 0 bridgehead atoms. The number of ether oxygens (including phenoxy) is 1. The first kappa shape index (κ1) is 14.0. The highest BCUT2D eigenvalue weighted by atomic mass is 19.1. The number of rotatable bonds is 3. The highest BCUT2D eigenvalue weighted by Gasteiger charge is 2.30. The summed E-state index contributed by atoms with van der Waals surface area (Å²) < 4.78 is 17.7. The number of carbonyl (C=O) groups excluding carboxylic acids is 2. The summed E-state index contributed by atoms with van der Waals surface area (Å²) in [6.45, 7) is 3.59. The minimum Gasteiger partial charge on any atom is -0.461 e. The first-order valence-corrected chi connectivity index (χ1v) is 6.23. The van der Waals surface area contributed by atoms with Crippen LogP contribution in [0.2, 0.25) is 0 Å². The molecule has 2 N–H and O–H groups in total. The van der Waals surface area contributed by atoms with E-state index in [0.717, 1.165) is 0 Å². The van der Waals surface area contributed by atoms with Crippen LogP contribution in [0.15, 0.2) is 35.7 Å². The molecule has 106 valence electrons. The van der Waals surface area contributed by atoms with E-state index in [-0.39, 0.29) is 24.0 Å². The average molecular weight is 278 g/mol.